The van der Waals surface area contributed by atoms with Crippen LogP contribution in [0.1, 0.15) is 15.9 Å². The molecule has 2 aromatic rings. The Bertz CT molecular complexity index is 887. The van der Waals surface area contributed by atoms with Gasteiger partial charge >= 0.3 is 0 Å². The third kappa shape index (κ3) is 5.14. The molecule has 0 saturated carbocycles. The minimum absolute atomic E-state index is 0.0358. The molecular formula is C19H23N3O4S. The van der Waals surface area contributed by atoms with Crippen LogP contribution in [0.5, 0.6) is 0 Å². The molecule has 7 nitrogen and oxygen atoms in total. The Kier molecular flexibility index (Phi) is 6.22. The molecule has 0 spiro atoms. The maximum absolute atomic E-state index is 12.5. The first kappa shape index (κ1) is 19.5. The second-order valence-electron chi connectivity index (χ2n) is 6.53. The van der Waals surface area contributed by atoms with Crippen LogP contribution in [0, 0.1) is 5.92 Å². The topological polar surface area (TPSA) is 108 Å². The van der Waals surface area contributed by atoms with Crippen LogP contribution in [0.2, 0.25) is 0 Å². The number of aliphatic hydroxyl groups excluding tert-OH is 1. The molecule has 144 valence electrons. The van der Waals surface area contributed by atoms with E-state index in [4.69, 9.17) is 0 Å². The first-order chi connectivity index (χ1) is 13.0. The van der Waals surface area contributed by atoms with Crippen molar-refractivity contribution in [1.82, 2.24) is 15.4 Å². The SMILES string of the molecule is O=C(NCC1CNCC1O)c1cccc(S(=O)(=O)NCc2ccccc2)c1. The molecule has 2 atom stereocenters. The second-order valence-corrected chi connectivity index (χ2v) is 8.30. The van der Waals surface area contributed by atoms with Crippen LogP contribution in [0.15, 0.2) is 59.5 Å². The summed E-state index contributed by atoms with van der Waals surface area (Å²) in [5, 5.41) is 15.6. The van der Waals surface area contributed by atoms with Crippen molar-refractivity contribution in [3.05, 3.63) is 65.7 Å². The second kappa shape index (κ2) is 8.62. The Morgan fingerprint density at radius 1 is 1.11 bits per heavy atom. The van der Waals surface area contributed by atoms with Crippen molar-refractivity contribution in [2.75, 3.05) is 19.6 Å². The summed E-state index contributed by atoms with van der Waals surface area (Å²) in [5.41, 5.74) is 1.11. The monoisotopic (exact) mass is 389 g/mol. The molecule has 1 fully saturated rings. The third-order valence-electron chi connectivity index (χ3n) is 4.54. The summed E-state index contributed by atoms with van der Waals surface area (Å²) in [6, 6.07) is 15.1. The van der Waals surface area contributed by atoms with Gasteiger partial charge in [-0.3, -0.25) is 4.79 Å². The fourth-order valence-electron chi connectivity index (χ4n) is 2.92. The lowest BCUT2D eigenvalue weighted by atomic mass is 10.1. The summed E-state index contributed by atoms with van der Waals surface area (Å²) in [6.07, 6.45) is -0.487. The van der Waals surface area contributed by atoms with Gasteiger partial charge in [-0.25, -0.2) is 13.1 Å². The molecule has 0 bridgehead atoms. The van der Waals surface area contributed by atoms with Crippen molar-refractivity contribution in [2.45, 2.75) is 17.5 Å². The third-order valence-corrected chi connectivity index (χ3v) is 5.94. The van der Waals surface area contributed by atoms with Crippen molar-refractivity contribution in [3.8, 4) is 0 Å². The van der Waals surface area contributed by atoms with Crippen molar-refractivity contribution >= 4 is 15.9 Å². The largest absolute Gasteiger partial charge is 0.391 e. The van der Waals surface area contributed by atoms with E-state index < -0.39 is 16.1 Å². The van der Waals surface area contributed by atoms with Crippen LogP contribution < -0.4 is 15.4 Å². The number of hydrogen-bond donors (Lipinski definition) is 4. The molecule has 2 unspecified atom stereocenters. The van der Waals surface area contributed by atoms with Gasteiger partial charge in [0.25, 0.3) is 5.91 Å². The van der Waals surface area contributed by atoms with Crippen molar-refractivity contribution in [2.24, 2.45) is 5.92 Å². The van der Waals surface area contributed by atoms with Crippen LogP contribution in [-0.4, -0.2) is 45.2 Å². The Hall–Kier alpha value is -2.26. The van der Waals surface area contributed by atoms with E-state index in [0.717, 1.165) is 5.56 Å². The van der Waals surface area contributed by atoms with Crippen molar-refractivity contribution in [3.63, 3.8) is 0 Å². The van der Waals surface area contributed by atoms with Crippen molar-refractivity contribution in [1.29, 1.82) is 0 Å². The summed E-state index contributed by atoms with van der Waals surface area (Å²) in [6.45, 7) is 1.66. The molecule has 0 aromatic heterocycles. The van der Waals surface area contributed by atoms with Crippen LogP contribution in [-0.2, 0) is 16.6 Å². The molecule has 2 aromatic carbocycles. The number of amides is 1. The zero-order valence-electron chi connectivity index (χ0n) is 14.8. The highest BCUT2D eigenvalue weighted by atomic mass is 32.2. The summed E-state index contributed by atoms with van der Waals surface area (Å²) in [5.74, 6) is -0.414. The summed E-state index contributed by atoms with van der Waals surface area (Å²) in [7, 11) is -3.73. The van der Waals surface area contributed by atoms with Gasteiger partial charge in [-0.15, -0.1) is 0 Å². The van der Waals surface area contributed by atoms with E-state index in [0.29, 0.717) is 19.6 Å². The van der Waals surface area contributed by atoms with E-state index in [1.54, 1.807) is 6.07 Å². The number of sulfonamides is 1. The van der Waals surface area contributed by atoms with Gasteiger partial charge in [0.05, 0.1) is 11.0 Å². The van der Waals surface area contributed by atoms with Gasteiger partial charge in [0.1, 0.15) is 0 Å². The number of carbonyl (C=O) groups is 1. The van der Waals surface area contributed by atoms with Gasteiger partial charge in [0.15, 0.2) is 0 Å². The predicted octanol–water partition coefficient (Wildman–Crippen LogP) is 0.475. The standard InChI is InChI=1S/C19H23N3O4S/c23-18-13-20-11-16(18)12-21-19(24)15-7-4-8-17(9-15)27(25,26)22-10-14-5-2-1-3-6-14/h1-9,16,18,20,22-23H,10-13H2,(H,21,24). The first-order valence-electron chi connectivity index (χ1n) is 8.76. The molecule has 4 N–H and O–H groups in total. The number of rotatable bonds is 7. The molecule has 1 aliphatic rings. The van der Waals surface area contributed by atoms with E-state index in [-0.39, 0.29) is 28.8 Å². The molecule has 1 saturated heterocycles. The predicted molar refractivity (Wildman–Crippen MR) is 102 cm³/mol. The molecule has 27 heavy (non-hydrogen) atoms. The molecule has 0 aliphatic carbocycles. The number of benzene rings is 2. The fourth-order valence-corrected chi connectivity index (χ4v) is 3.98. The quantitative estimate of drug-likeness (QED) is 0.551. The van der Waals surface area contributed by atoms with Crippen LogP contribution >= 0.6 is 0 Å². The van der Waals surface area contributed by atoms with Gasteiger partial charge in [-0.1, -0.05) is 36.4 Å². The minimum atomic E-state index is -3.73. The van der Waals surface area contributed by atoms with Gasteiger partial charge in [-0.2, -0.15) is 0 Å². The number of hydrogen-bond acceptors (Lipinski definition) is 5. The normalized spacial score (nSPS) is 19.7. The van der Waals surface area contributed by atoms with Crippen molar-refractivity contribution < 1.29 is 18.3 Å². The Morgan fingerprint density at radius 2 is 1.89 bits per heavy atom. The van der Waals surface area contributed by atoms with E-state index in [2.05, 4.69) is 15.4 Å². The maximum Gasteiger partial charge on any atom is 0.251 e. The van der Waals surface area contributed by atoms with Crippen LogP contribution in [0.4, 0.5) is 0 Å². The smallest absolute Gasteiger partial charge is 0.251 e. The van der Waals surface area contributed by atoms with Gasteiger partial charge in [-0.05, 0) is 23.8 Å². The lowest BCUT2D eigenvalue weighted by Crippen LogP contribution is -2.34. The summed E-state index contributed by atoms with van der Waals surface area (Å²) in [4.78, 5) is 12.4. The van der Waals surface area contributed by atoms with Gasteiger partial charge in [0, 0.05) is 37.7 Å². The van der Waals surface area contributed by atoms with Gasteiger partial charge in [0.2, 0.25) is 10.0 Å². The first-order valence-corrected chi connectivity index (χ1v) is 10.2. The average Bonchev–Trinajstić information content (AvgIpc) is 3.10. The van der Waals surface area contributed by atoms with Crippen LogP contribution in [0.25, 0.3) is 0 Å². The van der Waals surface area contributed by atoms with E-state index in [1.807, 2.05) is 30.3 Å². The van der Waals surface area contributed by atoms with Crippen LogP contribution in [0.3, 0.4) is 0 Å². The highest BCUT2D eigenvalue weighted by Gasteiger charge is 2.25. The number of aliphatic hydroxyl groups is 1. The Morgan fingerprint density at radius 3 is 2.59 bits per heavy atom. The Labute approximate surface area is 158 Å². The molecule has 3 rings (SSSR count). The zero-order valence-corrected chi connectivity index (χ0v) is 15.6. The molecule has 1 aliphatic heterocycles. The minimum Gasteiger partial charge on any atom is -0.391 e. The molecule has 8 heteroatoms. The van der Waals surface area contributed by atoms with Gasteiger partial charge < -0.3 is 15.7 Å². The van der Waals surface area contributed by atoms with E-state index in [1.165, 1.54) is 18.2 Å². The molecule has 0 radical (unpaired) electrons. The molecule has 1 amide bonds. The highest BCUT2D eigenvalue weighted by Crippen LogP contribution is 2.13. The zero-order chi connectivity index (χ0) is 19.3. The number of nitrogens with one attached hydrogen (secondary N) is 3. The highest BCUT2D eigenvalue weighted by molar-refractivity contribution is 7.89. The van der Waals surface area contributed by atoms with E-state index in [9.17, 15) is 18.3 Å². The molecular weight excluding hydrogens is 366 g/mol. The number of β-amino-alcohol motifs (C(OH)–C–C–N with tert-alkyl or cyclic N) is 1. The lowest BCUT2D eigenvalue weighted by Gasteiger charge is -2.14. The Balaban J connectivity index is 1.64. The fraction of sp³-hybridized carbons (Fsp3) is 0.316. The summed E-state index contributed by atoms with van der Waals surface area (Å²) >= 11 is 0. The summed E-state index contributed by atoms with van der Waals surface area (Å²) < 4.78 is 27.6. The maximum atomic E-state index is 12.5. The lowest BCUT2D eigenvalue weighted by molar-refractivity contribution is 0.0927. The molecule has 1 heterocycles. The van der Waals surface area contributed by atoms with E-state index >= 15 is 0 Å². The number of carbonyl (C=O) groups excluding carboxylic acids is 1. The average molecular weight is 389 g/mol.